The Hall–Kier alpha value is -2.60. The second-order valence-corrected chi connectivity index (χ2v) is 9.62. The van der Waals surface area contributed by atoms with Crippen LogP contribution in [0.15, 0.2) is 120 Å². The van der Waals surface area contributed by atoms with Gasteiger partial charge in [-0.15, -0.1) is 0 Å². The molecule has 0 saturated carbocycles. The maximum absolute atomic E-state index is 4.32. The first-order valence-electron chi connectivity index (χ1n) is 11.5. The number of hydrogen-bond acceptors (Lipinski definition) is 0. The van der Waals surface area contributed by atoms with Crippen LogP contribution < -0.4 is 0 Å². The van der Waals surface area contributed by atoms with Crippen LogP contribution in [0.2, 0.25) is 0 Å². The molecular formula is C31H40. The van der Waals surface area contributed by atoms with Crippen molar-refractivity contribution in [3.8, 4) is 0 Å². The lowest BCUT2D eigenvalue weighted by atomic mass is 9.82. The first-order chi connectivity index (χ1) is 14.7. The molecule has 0 aromatic heterocycles. The van der Waals surface area contributed by atoms with E-state index in [0.29, 0.717) is 5.92 Å². The minimum atomic E-state index is 0.239. The number of rotatable bonds is 9. The molecule has 0 amide bonds. The van der Waals surface area contributed by atoms with E-state index < -0.39 is 0 Å². The Morgan fingerprint density at radius 1 is 1.16 bits per heavy atom. The minimum absolute atomic E-state index is 0.239. The monoisotopic (exact) mass is 412 g/mol. The topological polar surface area (TPSA) is 0 Å². The average molecular weight is 413 g/mol. The predicted octanol–water partition coefficient (Wildman–Crippen LogP) is 9.32. The van der Waals surface area contributed by atoms with Crippen LogP contribution >= 0.6 is 0 Å². The van der Waals surface area contributed by atoms with Gasteiger partial charge in [-0.2, -0.15) is 0 Å². The van der Waals surface area contributed by atoms with Crippen molar-refractivity contribution < 1.29 is 0 Å². The summed E-state index contributed by atoms with van der Waals surface area (Å²) < 4.78 is 0. The first kappa shape index (κ1) is 24.7. The lowest BCUT2D eigenvalue weighted by Crippen LogP contribution is -2.09. The first-order valence-corrected chi connectivity index (χ1v) is 11.5. The molecule has 2 rings (SSSR count). The molecular weight excluding hydrogens is 372 g/mol. The summed E-state index contributed by atoms with van der Waals surface area (Å²) in [5.74, 6) is 0.499. The van der Waals surface area contributed by atoms with Crippen LogP contribution in [-0.2, 0) is 0 Å². The van der Waals surface area contributed by atoms with Crippen LogP contribution in [0.4, 0.5) is 0 Å². The molecule has 0 heterocycles. The standard InChI is InChI=1S/C31H40/c1-8-9-13-28(29-19-21-31(6,7)22-20-29)18-17-27(23-24(2)3)16-15-26(5)30-14-11-10-12-25(30)4/h8-9,11,13-16,18-21,23-24H,1,5,10,12,17,22H2,2-4,6-7H3/b13-9-,16-15-,27-23+,28-18+. The molecule has 2 aliphatic carbocycles. The zero-order chi connectivity index (χ0) is 22.9. The van der Waals surface area contributed by atoms with Crippen molar-refractivity contribution in [3.05, 3.63) is 120 Å². The second kappa shape index (κ2) is 11.7. The van der Waals surface area contributed by atoms with E-state index in [0.717, 1.165) is 31.3 Å². The molecule has 31 heavy (non-hydrogen) atoms. The molecule has 2 aliphatic rings. The van der Waals surface area contributed by atoms with Crippen LogP contribution in [-0.4, -0.2) is 0 Å². The summed E-state index contributed by atoms with van der Waals surface area (Å²) in [6, 6.07) is 0. The van der Waals surface area contributed by atoms with E-state index in [-0.39, 0.29) is 5.41 Å². The fourth-order valence-electron chi connectivity index (χ4n) is 3.80. The molecule has 0 heteroatoms. The fourth-order valence-corrected chi connectivity index (χ4v) is 3.80. The van der Waals surface area contributed by atoms with Gasteiger partial charge in [-0.05, 0) is 71.8 Å². The summed E-state index contributed by atoms with van der Waals surface area (Å²) in [5, 5.41) is 0. The lowest BCUT2D eigenvalue weighted by molar-refractivity contribution is 0.482. The van der Waals surface area contributed by atoms with E-state index in [2.05, 4.69) is 109 Å². The third kappa shape index (κ3) is 8.21. The average Bonchev–Trinajstić information content (AvgIpc) is 2.72. The zero-order valence-electron chi connectivity index (χ0n) is 20.2. The summed E-state index contributed by atoms with van der Waals surface area (Å²) in [6.07, 6.45) is 30.8. The van der Waals surface area contributed by atoms with Crippen molar-refractivity contribution in [2.24, 2.45) is 11.3 Å². The molecule has 0 unspecified atom stereocenters. The van der Waals surface area contributed by atoms with Gasteiger partial charge in [0.05, 0.1) is 0 Å². The van der Waals surface area contributed by atoms with Gasteiger partial charge in [-0.1, -0.05) is 119 Å². The molecule has 0 aliphatic heterocycles. The summed E-state index contributed by atoms with van der Waals surface area (Å²) in [7, 11) is 0. The molecule has 164 valence electrons. The Kier molecular flexibility index (Phi) is 9.31. The molecule has 0 fully saturated rings. The quantitative estimate of drug-likeness (QED) is 0.331. The molecule has 0 aromatic carbocycles. The molecule has 0 bridgehead atoms. The van der Waals surface area contributed by atoms with E-state index in [1.54, 1.807) is 0 Å². The van der Waals surface area contributed by atoms with E-state index in [4.69, 9.17) is 0 Å². The summed E-state index contributed by atoms with van der Waals surface area (Å²) in [4.78, 5) is 0. The predicted molar refractivity (Wildman–Crippen MR) is 140 cm³/mol. The molecule has 0 spiro atoms. The van der Waals surface area contributed by atoms with Crippen LogP contribution in [0.3, 0.4) is 0 Å². The van der Waals surface area contributed by atoms with Gasteiger partial charge in [0, 0.05) is 0 Å². The molecule has 0 nitrogen and oxygen atoms in total. The Labute approximate surface area is 191 Å². The van der Waals surface area contributed by atoms with Crippen LogP contribution in [0.1, 0.15) is 60.3 Å². The lowest BCUT2D eigenvalue weighted by Gasteiger charge is -2.23. The normalized spacial score (nSPS) is 19.6. The smallest absolute Gasteiger partial charge is 0.00913 e. The highest BCUT2D eigenvalue weighted by Crippen LogP contribution is 2.31. The van der Waals surface area contributed by atoms with Crippen molar-refractivity contribution >= 4 is 0 Å². The highest BCUT2D eigenvalue weighted by Gasteiger charge is 2.16. The Bertz CT molecular complexity index is 911. The summed E-state index contributed by atoms with van der Waals surface area (Å²) in [5.41, 5.74) is 7.92. The maximum Gasteiger partial charge on any atom is -0.00913 e. The van der Waals surface area contributed by atoms with E-state index >= 15 is 0 Å². The zero-order valence-corrected chi connectivity index (χ0v) is 20.2. The molecule has 0 atom stereocenters. The Morgan fingerprint density at radius 3 is 2.55 bits per heavy atom. The minimum Gasteiger partial charge on any atom is -0.0991 e. The van der Waals surface area contributed by atoms with E-state index in [1.807, 2.05) is 12.2 Å². The molecule has 0 saturated heterocycles. The van der Waals surface area contributed by atoms with Gasteiger partial charge in [0.25, 0.3) is 0 Å². The van der Waals surface area contributed by atoms with E-state index in [9.17, 15) is 0 Å². The Balaban J connectivity index is 2.24. The van der Waals surface area contributed by atoms with E-state index in [1.165, 1.54) is 27.9 Å². The number of hydrogen-bond donors (Lipinski definition) is 0. The molecule has 0 radical (unpaired) electrons. The van der Waals surface area contributed by atoms with Crippen molar-refractivity contribution in [1.29, 1.82) is 0 Å². The highest BCUT2D eigenvalue weighted by atomic mass is 14.2. The van der Waals surface area contributed by atoms with Crippen molar-refractivity contribution in [1.82, 2.24) is 0 Å². The fraction of sp³-hybridized carbons (Fsp3) is 0.355. The SMILES string of the molecule is C=C/C=C\C(=C/CC(/C=C\C(=C)C1=C(C)CCC=C1)=C/C(C)C)C1=CCC(C)(C)C=C1. The number of allylic oxidation sites excluding steroid dienone is 18. The van der Waals surface area contributed by atoms with Gasteiger partial charge in [-0.3, -0.25) is 0 Å². The van der Waals surface area contributed by atoms with Gasteiger partial charge in [0.15, 0.2) is 0 Å². The van der Waals surface area contributed by atoms with Gasteiger partial charge in [0.2, 0.25) is 0 Å². The highest BCUT2D eigenvalue weighted by molar-refractivity contribution is 5.51. The largest absolute Gasteiger partial charge is 0.0991 e. The Morgan fingerprint density at radius 2 is 1.94 bits per heavy atom. The molecule has 0 N–H and O–H groups in total. The maximum atomic E-state index is 4.32. The van der Waals surface area contributed by atoms with Gasteiger partial charge in [-0.25, -0.2) is 0 Å². The van der Waals surface area contributed by atoms with Crippen LogP contribution in [0, 0.1) is 11.3 Å². The van der Waals surface area contributed by atoms with Gasteiger partial charge < -0.3 is 0 Å². The van der Waals surface area contributed by atoms with Crippen molar-refractivity contribution in [2.45, 2.75) is 60.3 Å². The van der Waals surface area contributed by atoms with Crippen molar-refractivity contribution in [2.75, 3.05) is 0 Å². The van der Waals surface area contributed by atoms with Crippen LogP contribution in [0.5, 0.6) is 0 Å². The van der Waals surface area contributed by atoms with Crippen LogP contribution in [0.25, 0.3) is 0 Å². The second-order valence-electron chi connectivity index (χ2n) is 9.62. The van der Waals surface area contributed by atoms with Gasteiger partial charge >= 0.3 is 0 Å². The van der Waals surface area contributed by atoms with Gasteiger partial charge in [0.1, 0.15) is 0 Å². The third-order valence-corrected chi connectivity index (χ3v) is 5.69. The summed E-state index contributed by atoms with van der Waals surface area (Å²) >= 11 is 0. The summed E-state index contributed by atoms with van der Waals surface area (Å²) in [6.45, 7) is 19.4. The van der Waals surface area contributed by atoms with Crippen molar-refractivity contribution in [3.63, 3.8) is 0 Å². The third-order valence-electron chi connectivity index (χ3n) is 5.69. The molecule has 0 aromatic rings.